The number of hydrogen-bond donors (Lipinski definition) is 2. The average molecular weight is 472 g/mol. The van der Waals surface area contributed by atoms with Crippen molar-refractivity contribution in [2.24, 2.45) is 11.5 Å². The van der Waals surface area contributed by atoms with Gasteiger partial charge in [0.2, 0.25) is 0 Å². The lowest BCUT2D eigenvalue weighted by atomic mass is 10.2. The van der Waals surface area contributed by atoms with Gasteiger partial charge in [0.05, 0.1) is 11.2 Å². The maximum Gasteiger partial charge on any atom is 0.348 e. The zero-order chi connectivity index (χ0) is 24.4. The van der Waals surface area contributed by atoms with E-state index in [2.05, 4.69) is 0 Å². The van der Waals surface area contributed by atoms with E-state index < -0.39 is 24.6 Å². The molecule has 0 saturated carbocycles. The van der Waals surface area contributed by atoms with Gasteiger partial charge in [0.25, 0.3) is 0 Å². The summed E-state index contributed by atoms with van der Waals surface area (Å²) in [5, 5.41) is 0. The Kier molecular flexibility index (Phi) is 11.5. The molecule has 184 valence electrons. The van der Waals surface area contributed by atoms with Gasteiger partial charge in [0.15, 0.2) is 0 Å². The molecule has 9 heteroatoms. The molecule has 0 aromatic heterocycles. The predicted octanol–water partition coefficient (Wildman–Crippen LogP) is 3.88. The van der Waals surface area contributed by atoms with Gasteiger partial charge >= 0.3 is 13.6 Å². The van der Waals surface area contributed by atoms with Gasteiger partial charge in [-0.25, -0.2) is 0 Å². The van der Waals surface area contributed by atoms with Crippen LogP contribution in [0.5, 0.6) is 0 Å². The number of carbonyl (C=O) groups is 1. The van der Waals surface area contributed by atoms with Gasteiger partial charge in [0, 0.05) is 32.6 Å². The van der Waals surface area contributed by atoms with Crippen molar-refractivity contribution in [1.29, 1.82) is 0 Å². The van der Waals surface area contributed by atoms with Crippen LogP contribution >= 0.6 is 7.60 Å². The second-order valence-corrected chi connectivity index (χ2v) is 11.8. The zero-order valence-corrected chi connectivity index (χ0v) is 21.4. The minimum Gasteiger partial charge on any atom is -0.461 e. The predicted molar refractivity (Wildman–Crippen MR) is 128 cm³/mol. The number of nitrogens with zero attached hydrogens (tertiary/aromatic N) is 1. The fourth-order valence-electron chi connectivity index (χ4n) is 3.24. The molecule has 1 atom stereocenters. The molecule has 0 fully saturated rings. The molecule has 0 spiro atoms. The third kappa shape index (κ3) is 11.0. The van der Waals surface area contributed by atoms with Crippen molar-refractivity contribution in [2.45, 2.75) is 78.0 Å². The highest BCUT2D eigenvalue weighted by molar-refractivity contribution is 7.54. The Morgan fingerprint density at radius 1 is 0.969 bits per heavy atom. The summed E-state index contributed by atoms with van der Waals surface area (Å²) in [4.78, 5) is 14.4. The Labute approximate surface area is 193 Å². The molecule has 1 rings (SSSR count). The van der Waals surface area contributed by atoms with E-state index in [-0.39, 0.29) is 25.4 Å². The molecule has 4 N–H and O–H groups in total. The van der Waals surface area contributed by atoms with Crippen molar-refractivity contribution in [3.8, 4) is 0 Å². The van der Waals surface area contributed by atoms with Crippen LogP contribution in [0.4, 0.5) is 0 Å². The molecule has 0 aliphatic carbocycles. The first-order chi connectivity index (χ1) is 14.8. The lowest BCUT2D eigenvalue weighted by molar-refractivity contribution is -0.145. The number of hydrogen-bond acceptors (Lipinski definition) is 8. The van der Waals surface area contributed by atoms with Crippen molar-refractivity contribution in [2.75, 3.05) is 26.2 Å². The Morgan fingerprint density at radius 3 is 1.91 bits per heavy atom. The summed E-state index contributed by atoms with van der Waals surface area (Å²) in [7, 11) is -3.71. The molecule has 0 radical (unpaired) electrons. The molecule has 0 heterocycles. The fourth-order valence-corrected chi connectivity index (χ4v) is 6.13. The van der Waals surface area contributed by atoms with Gasteiger partial charge in [-0.2, -0.15) is 0 Å². The minimum absolute atomic E-state index is 0.0636. The smallest absolute Gasteiger partial charge is 0.348 e. The van der Waals surface area contributed by atoms with E-state index in [0.29, 0.717) is 26.2 Å². The standard InChI is InChI=1S/C23H42N3O5P/c1-22(2,3)30-32(28,31-23(4,5)6)20(26(16-14-24)17-15-25)12-13-21(27)29-18-19-10-8-7-9-11-19/h7-11,20H,12-18,24-25H2,1-6H3. The molecule has 1 aromatic carbocycles. The van der Waals surface area contributed by atoms with Crippen LogP contribution in [0.25, 0.3) is 0 Å². The normalized spacial score (nSPS) is 13.9. The third-order valence-electron chi connectivity index (χ3n) is 4.27. The molecule has 32 heavy (non-hydrogen) atoms. The van der Waals surface area contributed by atoms with Crippen LogP contribution < -0.4 is 11.5 Å². The Balaban J connectivity index is 3.09. The number of esters is 1. The Morgan fingerprint density at radius 2 is 1.47 bits per heavy atom. The van der Waals surface area contributed by atoms with Crippen molar-refractivity contribution in [1.82, 2.24) is 4.90 Å². The van der Waals surface area contributed by atoms with E-state index in [1.165, 1.54) is 0 Å². The van der Waals surface area contributed by atoms with Crippen molar-refractivity contribution in [3.05, 3.63) is 35.9 Å². The van der Waals surface area contributed by atoms with Crippen LogP contribution in [-0.2, 0) is 29.8 Å². The Bertz CT molecular complexity index is 705. The molecule has 1 aromatic rings. The second kappa shape index (κ2) is 12.8. The highest BCUT2D eigenvalue weighted by Crippen LogP contribution is 2.60. The zero-order valence-electron chi connectivity index (χ0n) is 20.5. The van der Waals surface area contributed by atoms with Crippen LogP contribution in [0.1, 0.15) is 59.9 Å². The van der Waals surface area contributed by atoms with Crippen molar-refractivity contribution in [3.63, 3.8) is 0 Å². The molecule has 0 amide bonds. The van der Waals surface area contributed by atoms with Gasteiger partial charge in [-0.05, 0) is 53.5 Å². The largest absolute Gasteiger partial charge is 0.461 e. The maximum atomic E-state index is 14.2. The van der Waals surface area contributed by atoms with E-state index in [4.69, 9.17) is 25.3 Å². The van der Waals surface area contributed by atoms with Crippen molar-refractivity contribution < 1.29 is 23.1 Å². The first-order valence-corrected chi connectivity index (χ1v) is 12.8. The van der Waals surface area contributed by atoms with Gasteiger partial charge in [-0.1, -0.05) is 30.3 Å². The number of benzene rings is 1. The summed E-state index contributed by atoms with van der Waals surface area (Å²) < 4.78 is 31.7. The van der Waals surface area contributed by atoms with E-state index in [0.717, 1.165) is 5.56 Å². The maximum absolute atomic E-state index is 14.2. The molecular weight excluding hydrogens is 429 g/mol. The summed E-state index contributed by atoms with van der Waals surface area (Å²) in [6.07, 6.45) is 0.297. The second-order valence-electron chi connectivity index (χ2n) is 9.73. The molecule has 0 bridgehead atoms. The highest BCUT2D eigenvalue weighted by atomic mass is 31.2. The van der Waals surface area contributed by atoms with E-state index in [9.17, 15) is 9.36 Å². The molecule has 8 nitrogen and oxygen atoms in total. The molecular formula is C23H42N3O5P. The molecule has 1 unspecified atom stereocenters. The number of rotatable bonds is 13. The quantitative estimate of drug-likeness (QED) is 0.329. The van der Waals surface area contributed by atoms with Crippen LogP contribution in [0, 0.1) is 0 Å². The van der Waals surface area contributed by atoms with Gasteiger partial charge in [-0.15, -0.1) is 0 Å². The molecule has 0 saturated heterocycles. The Hall–Kier alpha value is -1.28. The van der Waals surface area contributed by atoms with Gasteiger partial charge < -0.3 is 25.3 Å². The summed E-state index contributed by atoms with van der Waals surface area (Å²) in [6, 6.07) is 9.47. The first-order valence-electron chi connectivity index (χ1n) is 11.1. The van der Waals surface area contributed by atoms with E-state index in [1.807, 2.05) is 76.8 Å². The first kappa shape index (κ1) is 28.8. The summed E-state index contributed by atoms with van der Waals surface area (Å²) in [6.45, 7) is 12.7. The van der Waals surface area contributed by atoms with Crippen LogP contribution in [0.15, 0.2) is 30.3 Å². The lowest BCUT2D eigenvalue weighted by Crippen LogP contribution is -2.44. The number of carbonyl (C=O) groups excluding carboxylic acids is 1. The third-order valence-corrected chi connectivity index (χ3v) is 7.19. The number of ether oxygens (including phenoxy) is 1. The van der Waals surface area contributed by atoms with Crippen LogP contribution in [0.2, 0.25) is 0 Å². The van der Waals surface area contributed by atoms with Crippen LogP contribution in [-0.4, -0.2) is 54.0 Å². The summed E-state index contributed by atoms with van der Waals surface area (Å²) in [5.41, 5.74) is 11.1. The average Bonchev–Trinajstić information content (AvgIpc) is 2.64. The summed E-state index contributed by atoms with van der Waals surface area (Å²) >= 11 is 0. The van der Waals surface area contributed by atoms with E-state index >= 15 is 0 Å². The SMILES string of the molecule is CC(C)(C)OP(=O)(OC(C)(C)C)C(CCC(=O)OCc1ccccc1)N(CCN)CCN. The fraction of sp³-hybridized carbons (Fsp3) is 0.696. The van der Waals surface area contributed by atoms with E-state index in [1.54, 1.807) is 0 Å². The monoisotopic (exact) mass is 471 g/mol. The number of nitrogens with two attached hydrogens (primary N) is 2. The molecule has 0 aliphatic heterocycles. The molecule has 0 aliphatic rings. The van der Waals surface area contributed by atoms with Gasteiger partial charge in [-0.3, -0.25) is 14.3 Å². The van der Waals surface area contributed by atoms with Crippen molar-refractivity contribution >= 4 is 13.6 Å². The highest BCUT2D eigenvalue weighted by Gasteiger charge is 2.45. The lowest BCUT2D eigenvalue weighted by Gasteiger charge is -2.40. The summed E-state index contributed by atoms with van der Waals surface area (Å²) in [5.74, 6) is -1.06. The topological polar surface area (TPSA) is 117 Å². The van der Waals surface area contributed by atoms with Gasteiger partial charge in [0.1, 0.15) is 12.4 Å². The minimum atomic E-state index is -3.71. The van der Waals surface area contributed by atoms with Crippen LogP contribution in [0.3, 0.4) is 0 Å².